The SMILES string of the molecule is Cc1ccc(-c2cccnc2)n1CCCC(=O)O. The van der Waals surface area contributed by atoms with Gasteiger partial charge in [-0.3, -0.25) is 9.78 Å². The van der Waals surface area contributed by atoms with Gasteiger partial charge in [0.1, 0.15) is 0 Å². The average molecular weight is 244 g/mol. The molecule has 18 heavy (non-hydrogen) atoms. The van der Waals surface area contributed by atoms with Crippen molar-refractivity contribution in [3.63, 3.8) is 0 Å². The van der Waals surface area contributed by atoms with Crippen LogP contribution in [0.3, 0.4) is 0 Å². The normalized spacial score (nSPS) is 10.5. The summed E-state index contributed by atoms with van der Waals surface area (Å²) < 4.78 is 2.14. The lowest BCUT2D eigenvalue weighted by Crippen LogP contribution is -2.05. The Hall–Kier alpha value is -2.10. The van der Waals surface area contributed by atoms with Crippen LogP contribution in [-0.4, -0.2) is 20.6 Å². The first-order valence-corrected chi connectivity index (χ1v) is 5.97. The predicted octanol–water partition coefficient (Wildman–Crippen LogP) is 2.72. The number of carboxylic acid groups (broad SMARTS) is 1. The van der Waals surface area contributed by atoms with E-state index in [1.54, 1.807) is 6.20 Å². The van der Waals surface area contributed by atoms with Crippen LogP contribution in [0.2, 0.25) is 0 Å². The highest BCUT2D eigenvalue weighted by Gasteiger charge is 2.07. The highest BCUT2D eigenvalue weighted by molar-refractivity contribution is 5.66. The van der Waals surface area contributed by atoms with E-state index >= 15 is 0 Å². The summed E-state index contributed by atoms with van der Waals surface area (Å²) in [5, 5.41) is 8.68. The maximum atomic E-state index is 10.5. The Morgan fingerprint density at radius 2 is 2.22 bits per heavy atom. The molecule has 0 bridgehead atoms. The minimum atomic E-state index is -0.747. The van der Waals surface area contributed by atoms with Crippen LogP contribution in [-0.2, 0) is 11.3 Å². The van der Waals surface area contributed by atoms with E-state index < -0.39 is 5.97 Å². The van der Waals surface area contributed by atoms with E-state index in [1.165, 1.54) is 0 Å². The van der Waals surface area contributed by atoms with E-state index in [0.29, 0.717) is 6.42 Å². The minimum Gasteiger partial charge on any atom is -0.481 e. The first-order chi connectivity index (χ1) is 8.68. The number of aromatic nitrogens is 2. The van der Waals surface area contributed by atoms with Crippen LogP contribution in [0.15, 0.2) is 36.7 Å². The molecule has 2 rings (SSSR count). The third-order valence-corrected chi connectivity index (χ3v) is 2.93. The van der Waals surface area contributed by atoms with Crippen LogP contribution in [0, 0.1) is 6.92 Å². The Balaban J connectivity index is 2.20. The van der Waals surface area contributed by atoms with Gasteiger partial charge in [-0.15, -0.1) is 0 Å². The number of rotatable bonds is 5. The van der Waals surface area contributed by atoms with Crippen molar-refractivity contribution in [3.8, 4) is 11.3 Å². The van der Waals surface area contributed by atoms with Crippen LogP contribution < -0.4 is 0 Å². The zero-order valence-corrected chi connectivity index (χ0v) is 10.3. The lowest BCUT2D eigenvalue weighted by molar-refractivity contribution is -0.137. The quantitative estimate of drug-likeness (QED) is 0.879. The molecule has 1 N–H and O–H groups in total. The van der Waals surface area contributed by atoms with Gasteiger partial charge < -0.3 is 9.67 Å². The monoisotopic (exact) mass is 244 g/mol. The number of hydrogen-bond donors (Lipinski definition) is 1. The second-order valence-electron chi connectivity index (χ2n) is 4.25. The van der Waals surface area contributed by atoms with Crippen molar-refractivity contribution in [3.05, 3.63) is 42.4 Å². The van der Waals surface area contributed by atoms with Gasteiger partial charge in [-0.05, 0) is 37.6 Å². The molecule has 0 aliphatic heterocycles. The molecule has 2 aromatic rings. The van der Waals surface area contributed by atoms with Gasteiger partial charge in [0.2, 0.25) is 0 Å². The van der Waals surface area contributed by atoms with Gasteiger partial charge in [-0.1, -0.05) is 0 Å². The second kappa shape index (κ2) is 5.49. The molecule has 4 nitrogen and oxygen atoms in total. The Bertz CT molecular complexity index is 532. The summed E-state index contributed by atoms with van der Waals surface area (Å²) in [6.07, 6.45) is 4.40. The summed E-state index contributed by atoms with van der Waals surface area (Å²) in [6, 6.07) is 8.00. The van der Waals surface area contributed by atoms with Gasteiger partial charge in [0.15, 0.2) is 0 Å². The molecule has 4 heteroatoms. The van der Waals surface area contributed by atoms with Crippen LogP contribution in [0.25, 0.3) is 11.3 Å². The largest absolute Gasteiger partial charge is 0.481 e. The maximum Gasteiger partial charge on any atom is 0.303 e. The molecule has 0 radical (unpaired) electrons. The minimum absolute atomic E-state index is 0.199. The van der Waals surface area contributed by atoms with E-state index in [0.717, 1.165) is 23.5 Å². The Labute approximate surface area is 106 Å². The molecule has 0 fully saturated rings. The van der Waals surface area contributed by atoms with Crippen LogP contribution >= 0.6 is 0 Å². The van der Waals surface area contributed by atoms with Gasteiger partial charge in [-0.25, -0.2) is 0 Å². The summed E-state index contributed by atoms with van der Waals surface area (Å²) >= 11 is 0. The third-order valence-electron chi connectivity index (χ3n) is 2.93. The Morgan fingerprint density at radius 3 is 2.89 bits per heavy atom. The van der Waals surface area contributed by atoms with Crippen molar-refractivity contribution in [2.45, 2.75) is 26.3 Å². The summed E-state index contributed by atoms with van der Waals surface area (Å²) in [5.41, 5.74) is 3.28. The van der Waals surface area contributed by atoms with Gasteiger partial charge >= 0.3 is 5.97 Å². The molecule has 2 heterocycles. The fourth-order valence-corrected chi connectivity index (χ4v) is 2.02. The van der Waals surface area contributed by atoms with Gasteiger partial charge in [0.25, 0.3) is 0 Å². The Kier molecular flexibility index (Phi) is 3.77. The summed E-state index contributed by atoms with van der Waals surface area (Å²) in [6.45, 7) is 2.75. The van der Waals surface area contributed by atoms with Crippen molar-refractivity contribution < 1.29 is 9.90 Å². The van der Waals surface area contributed by atoms with E-state index in [4.69, 9.17) is 5.11 Å². The molecule has 0 amide bonds. The summed E-state index contributed by atoms with van der Waals surface area (Å²) in [7, 11) is 0. The molecule has 0 saturated heterocycles. The van der Waals surface area contributed by atoms with E-state index in [1.807, 2.05) is 37.4 Å². The third kappa shape index (κ3) is 2.77. The highest BCUT2D eigenvalue weighted by Crippen LogP contribution is 2.22. The molecule has 0 saturated carbocycles. The van der Waals surface area contributed by atoms with Crippen molar-refractivity contribution in [2.24, 2.45) is 0 Å². The molecule has 0 atom stereocenters. The zero-order chi connectivity index (χ0) is 13.0. The van der Waals surface area contributed by atoms with Gasteiger partial charge in [-0.2, -0.15) is 0 Å². The lowest BCUT2D eigenvalue weighted by Gasteiger charge is -2.10. The average Bonchev–Trinajstić information content (AvgIpc) is 2.72. The number of aryl methyl sites for hydroxylation is 1. The van der Waals surface area contributed by atoms with Crippen LogP contribution in [0.5, 0.6) is 0 Å². The molecular formula is C14H16N2O2. The smallest absolute Gasteiger partial charge is 0.303 e. The fourth-order valence-electron chi connectivity index (χ4n) is 2.02. The highest BCUT2D eigenvalue weighted by atomic mass is 16.4. The van der Waals surface area contributed by atoms with Crippen molar-refractivity contribution in [1.29, 1.82) is 0 Å². The van der Waals surface area contributed by atoms with Crippen LogP contribution in [0.4, 0.5) is 0 Å². The molecular weight excluding hydrogens is 228 g/mol. The zero-order valence-electron chi connectivity index (χ0n) is 10.3. The van der Waals surface area contributed by atoms with Crippen molar-refractivity contribution in [2.75, 3.05) is 0 Å². The van der Waals surface area contributed by atoms with Crippen molar-refractivity contribution >= 4 is 5.97 Å². The standard InChI is InChI=1S/C14H16N2O2/c1-11-6-7-13(12-4-2-8-15-10-12)16(11)9-3-5-14(17)18/h2,4,6-8,10H,3,5,9H2,1H3,(H,17,18). The maximum absolute atomic E-state index is 10.5. The van der Waals surface area contributed by atoms with Crippen LogP contribution in [0.1, 0.15) is 18.5 Å². The lowest BCUT2D eigenvalue weighted by atomic mass is 10.2. The fraction of sp³-hybridized carbons (Fsp3) is 0.286. The molecule has 0 spiro atoms. The first-order valence-electron chi connectivity index (χ1n) is 5.97. The van der Waals surface area contributed by atoms with Crippen molar-refractivity contribution in [1.82, 2.24) is 9.55 Å². The molecule has 2 aromatic heterocycles. The number of carbonyl (C=O) groups is 1. The number of pyridine rings is 1. The predicted molar refractivity (Wildman–Crippen MR) is 69.3 cm³/mol. The van der Waals surface area contributed by atoms with Gasteiger partial charge in [0.05, 0.1) is 0 Å². The topological polar surface area (TPSA) is 55.1 Å². The molecule has 0 aromatic carbocycles. The molecule has 94 valence electrons. The summed E-state index contributed by atoms with van der Waals surface area (Å²) in [4.78, 5) is 14.7. The molecule has 0 unspecified atom stereocenters. The molecule has 0 aliphatic carbocycles. The van der Waals surface area contributed by atoms with E-state index in [2.05, 4.69) is 9.55 Å². The van der Waals surface area contributed by atoms with Gasteiger partial charge in [0, 0.05) is 42.3 Å². The second-order valence-corrected chi connectivity index (χ2v) is 4.25. The van der Waals surface area contributed by atoms with E-state index in [-0.39, 0.29) is 6.42 Å². The Morgan fingerprint density at radius 1 is 1.39 bits per heavy atom. The van der Waals surface area contributed by atoms with E-state index in [9.17, 15) is 4.79 Å². The number of hydrogen-bond acceptors (Lipinski definition) is 2. The summed E-state index contributed by atoms with van der Waals surface area (Å²) in [5.74, 6) is -0.747. The number of nitrogens with zero attached hydrogens (tertiary/aromatic N) is 2. The first kappa shape index (κ1) is 12.4. The number of aliphatic carboxylic acids is 1. The molecule has 0 aliphatic rings. The number of carboxylic acids is 1.